The first-order chi connectivity index (χ1) is 28.4. The molecule has 1 spiro atoms. The number of carbonyl (C=O) groups is 2. The molecular formula is C45H70O16. The fourth-order valence-electron chi connectivity index (χ4n) is 14.6. The van der Waals surface area contributed by atoms with E-state index < -0.39 is 110 Å². The van der Waals surface area contributed by atoms with E-state index in [9.17, 15) is 45.3 Å². The molecule has 7 fully saturated rings. The Labute approximate surface area is 357 Å². The summed E-state index contributed by atoms with van der Waals surface area (Å²) in [6, 6.07) is 0. The number of aliphatic hydroxyl groups excluding tert-OH is 7. The van der Waals surface area contributed by atoms with E-state index >= 15 is 0 Å². The third kappa shape index (κ3) is 6.65. The van der Waals surface area contributed by atoms with Crippen molar-refractivity contribution in [3.63, 3.8) is 0 Å². The van der Waals surface area contributed by atoms with Crippen LogP contribution in [0.15, 0.2) is 12.2 Å². The van der Waals surface area contributed by atoms with Gasteiger partial charge in [0.1, 0.15) is 55.8 Å². The number of aliphatic carboxylic acids is 1. The van der Waals surface area contributed by atoms with Crippen molar-refractivity contribution in [2.45, 2.75) is 185 Å². The molecular weight excluding hydrogens is 796 g/mol. The summed E-state index contributed by atoms with van der Waals surface area (Å²) in [5.74, 6) is -2.21. The van der Waals surface area contributed by atoms with Crippen LogP contribution in [0.25, 0.3) is 0 Å². The first-order valence-corrected chi connectivity index (χ1v) is 22.5. The van der Waals surface area contributed by atoms with Crippen LogP contribution in [0.2, 0.25) is 0 Å². The maximum absolute atomic E-state index is 12.2. The fraction of sp³-hybridized carbons (Fsp3) is 0.911. The molecule has 0 amide bonds. The largest absolute Gasteiger partial charge is 0.481 e. The molecule has 0 radical (unpaired) electrons. The van der Waals surface area contributed by atoms with Gasteiger partial charge >= 0.3 is 11.9 Å². The van der Waals surface area contributed by atoms with Crippen molar-refractivity contribution in [2.75, 3.05) is 19.8 Å². The Morgan fingerprint density at radius 3 is 2.18 bits per heavy atom. The lowest BCUT2D eigenvalue weighted by Gasteiger charge is -2.73. The molecule has 0 aromatic rings. The van der Waals surface area contributed by atoms with Crippen molar-refractivity contribution in [1.82, 2.24) is 0 Å². The van der Waals surface area contributed by atoms with Crippen LogP contribution in [-0.2, 0) is 38.0 Å². The molecule has 16 heteroatoms. The zero-order valence-corrected chi connectivity index (χ0v) is 36.6. The monoisotopic (exact) mass is 866 g/mol. The summed E-state index contributed by atoms with van der Waals surface area (Å²) in [6.45, 7) is 15.1. The molecule has 8 rings (SSSR count). The number of ether oxygens (including phenoxy) is 6. The van der Waals surface area contributed by atoms with Gasteiger partial charge in [-0.3, -0.25) is 9.59 Å². The van der Waals surface area contributed by atoms with Crippen molar-refractivity contribution in [2.24, 2.45) is 50.2 Å². The lowest BCUT2D eigenvalue weighted by Crippen LogP contribution is -2.72. The Morgan fingerprint density at radius 2 is 1.49 bits per heavy atom. The van der Waals surface area contributed by atoms with Gasteiger partial charge < -0.3 is 69.3 Å². The van der Waals surface area contributed by atoms with Gasteiger partial charge in [0.05, 0.1) is 37.1 Å². The summed E-state index contributed by atoms with van der Waals surface area (Å²) in [7, 11) is 0. The van der Waals surface area contributed by atoms with E-state index in [1.165, 1.54) is 0 Å². The van der Waals surface area contributed by atoms with Gasteiger partial charge in [0.15, 0.2) is 12.6 Å². The highest BCUT2D eigenvalue weighted by atomic mass is 16.7. The van der Waals surface area contributed by atoms with E-state index in [2.05, 4.69) is 46.8 Å². The summed E-state index contributed by atoms with van der Waals surface area (Å²) in [4.78, 5) is 22.7. The number of esters is 1. The Morgan fingerprint density at radius 1 is 0.787 bits per heavy atom. The molecule has 8 aliphatic rings. The molecule has 8 N–H and O–H groups in total. The summed E-state index contributed by atoms with van der Waals surface area (Å²) in [5.41, 5.74) is -2.16. The highest BCUT2D eigenvalue weighted by molar-refractivity contribution is 5.90. The molecule has 346 valence electrons. The molecule has 5 aliphatic carbocycles. The summed E-state index contributed by atoms with van der Waals surface area (Å²) < 4.78 is 36.3. The zero-order chi connectivity index (χ0) is 44.5. The average molecular weight is 867 g/mol. The number of allylic oxidation sites excluding steroid dienone is 1. The number of hydrogen-bond donors (Lipinski definition) is 8. The van der Waals surface area contributed by atoms with Crippen molar-refractivity contribution in [3.05, 3.63) is 12.2 Å². The van der Waals surface area contributed by atoms with Gasteiger partial charge in [-0.25, -0.2) is 0 Å². The molecule has 3 saturated heterocycles. The fourth-order valence-corrected chi connectivity index (χ4v) is 14.6. The third-order valence-corrected chi connectivity index (χ3v) is 18.4. The minimum Gasteiger partial charge on any atom is -0.481 e. The maximum Gasteiger partial charge on any atom is 0.317 e. The van der Waals surface area contributed by atoms with Crippen LogP contribution in [0.3, 0.4) is 0 Å². The summed E-state index contributed by atoms with van der Waals surface area (Å²) in [6.07, 6.45) is -6.06. The van der Waals surface area contributed by atoms with Crippen molar-refractivity contribution >= 4 is 11.9 Å². The minimum atomic E-state index is -1.86. The van der Waals surface area contributed by atoms with Crippen LogP contribution in [-0.4, -0.2) is 152 Å². The minimum absolute atomic E-state index is 0.00846. The van der Waals surface area contributed by atoms with E-state index in [0.717, 1.165) is 38.5 Å². The number of hydrogen-bond acceptors (Lipinski definition) is 15. The molecule has 2 bridgehead atoms. The van der Waals surface area contributed by atoms with Gasteiger partial charge in [0.25, 0.3) is 0 Å². The first kappa shape index (κ1) is 45.8. The van der Waals surface area contributed by atoms with E-state index in [1.54, 1.807) is 6.92 Å². The van der Waals surface area contributed by atoms with Gasteiger partial charge in [-0.1, -0.05) is 53.7 Å². The molecule has 3 heterocycles. The second-order valence-corrected chi connectivity index (χ2v) is 22.0. The molecule has 3 aliphatic heterocycles. The second-order valence-electron chi connectivity index (χ2n) is 22.0. The van der Waals surface area contributed by atoms with E-state index in [1.807, 2.05) is 6.92 Å². The predicted octanol–water partition coefficient (Wildman–Crippen LogP) is 1.80. The van der Waals surface area contributed by atoms with E-state index in [0.29, 0.717) is 19.4 Å². The van der Waals surface area contributed by atoms with Crippen molar-refractivity contribution in [3.8, 4) is 0 Å². The number of carbonyl (C=O) groups excluding carboxylic acids is 1. The average Bonchev–Trinajstić information content (AvgIpc) is 3.47. The smallest absolute Gasteiger partial charge is 0.317 e. The van der Waals surface area contributed by atoms with Crippen LogP contribution in [0.4, 0.5) is 0 Å². The topological polar surface area (TPSA) is 251 Å². The zero-order valence-electron chi connectivity index (χ0n) is 36.6. The SMILES string of the molecule is C[C@H]1O[C@@H](O[C@H]2CC[C@@]3(C)[C@@H](CC[C@]4(C)[C@@H]3C=C[C@]35OC[C@@]6(CCC(C)(C)C[C@H]63)[C@@H](O)C[C@]54C)[C@]2(C)CO)[C@H](O)[C@@H](O[C@@H]2O[C@H](COC(=O)CC(=O)O)[C@@H](O)[C@H](O)[C@H]2O)[C@H]1O. The van der Waals surface area contributed by atoms with Crippen LogP contribution >= 0.6 is 0 Å². The predicted molar refractivity (Wildman–Crippen MR) is 213 cm³/mol. The molecule has 0 aromatic carbocycles. The number of rotatable bonds is 9. The van der Waals surface area contributed by atoms with Gasteiger partial charge in [-0.15, -0.1) is 0 Å². The number of fused-ring (bicyclic) bond motifs is 4. The molecule has 4 saturated carbocycles. The van der Waals surface area contributed by atoms with Crippen LogP contribution in [0.5, 0.6) is 0 Å². The van der Waals surface area contributed by atoms with Gasteiger partial charge in [-0.2, -0.15) is 0 Å². The lowest BCUT2D eigenvalue weighted by atomic mass is 9.32. The van der Waals surface area contributed by atoms with E-state index in [4.69, 9.17) is 33.5 Å². The first-order valence-electron chi connectivity index (χ1n) is 22.5. The van der Waals surface area contributed by atoms with Gasteiger partial charge in [-0.05, 0) is 86.4 Å². The quantitative estimate of drug-likeness (QED) is 0.0712. The lowest BCUT2D eigenvalue weighted by molar-refractivity contribution is -0.367. The molecule has 0 aromatic heterocycles. The molecule has 61 heavy (non-hydrogen) atoms. The summed E-state index contributed by atoms with van der Waals surface area (Å²) in [5, 5.41) is 87.3. The highest BCUT2D eigenvalue weighted by Crippen LogP contribution is 2.79. The highest BCUT2D eigenvalue weighted by Gasteiger charge is 2.79. The van der Waals surface area contributed by atoms with Gasteiger partial charge in [0.2, 0.25) is 0 Å². The molecule has 0 unspecified atom stereocenters. The van der Waals surface area contributed by atoms with Crippen molar-refractivity contribution in [1.29, 1.82) is 0 Å². The number of carboxylic acids is 1. The molecule has 21 atom stereocenters. The van der Waals surface area contributed by atoms with Crippen LogP contribution in [0, 0.1) is 50.2 Å². The van der Waals surface area contributed by atoms with E-state index in [-0.39, 0.29) is 51.4 Å². The van der Waals surface area contributed by atoms with Crippen molar-refractivity contribution < 1.29 is 78.9 Å². The Balaban J connectivity index is 1.01. The summed E-state index contributed by atoms with van der Waals surface area (Å²) >= 11 is 0. The number of carboxylic acid groups (broad SMARTS) is 1. The van der Waals surface area contributed by atoms with Gasteiger partial charge in [0, 0.05) is 22.2 Å². The third-order valence-electron chi connectivity index (χ3n) is 18.4. The molecule has 16 nitrogen and oxygen atoms in total. The van der Waals surface area contributed by atoms with Crippen LogP contribution in [0.1, 0.15) is 106 Å². The second kappa shape index (κ2) is 15.4. The Kier molecular flexibility index (Phi) is 11.6. The Hall–Kier alpha value is -1.80. The van der Waals surface area contributed by atoms with Crippen LogP contribution < -0.4 is 0 Å². The standard InChI is InChI=1S/C45H70O16/c1-22-31(51)36(61-37-34(54)33(53)32(52)23(59-37)19-56-30(50)16-29(48)49)35(55)38(58-22)60-28-10-11-40(4)24(41(28,5)20-46)8-12-42(6)25(40)9-13-45-26-17-39(2,3)14-15-44(26,21-57-45)27(47)18-43(42,45)7/h9,13,22-28,31-38,46-47,51-55H,8,10-12,14-21H2,1-7H3,(H,48,49)/t22-,23-,24-,25-,26-,27+,28+,31+,32-,33+,34-,35-,36+,37+,38+,40+,41+,42-,43+,44-,45+/m1/s1. The normalized spacial score (nSPS) is 54.8. The maximum atomic E-state index is 12.2. The Bertz CT molecular complexity index is 1730. The number of aliphatic hydroxyl groups is 7.